The van der Waals surface area contributed by atoms with Crippen molar-refractivity contribution in [3.63, 3.8) is 0 Å². The van der Waals surface area contributed by atoms with E-state index in [2.05, 4.69) is 51.5 Å². The number of carbonyl (C=O) groups excluding carboxylic acids is 1. The van der Waals surface area contributed by atoms with Crippen molar-refractivity contribution >= 4 is 17.5 Å². The number of benzene rings is 2. The molecule has 0 spiro atoms. The van der Waals surface area contributed by atoms with Crippen molar-refractivity contribution in [3.05, 3.63) is 70.2 Å². The molecule has 0 bridgehead atoms. The van der Waals surface area contributed by atoms with Crippen LogP contribution in [0.25, 0.3) is 0 Å². The lowest BCUT2D eigenvalue weighted by molar-refractivity contribution is -0.126. The van der Waals surface area contributed by atoms with E-state index < -0.39 is 0 Å². The number of hydrogen-bond donors (Lipinski definition) is 1. The molecule has 2 aromatic rings. The van der Waals surface area contributed by atoms with Crippen molar-refractivity contribution in [3.8, 4) is 0 Å². The first kappa shape index (κ1) is 22.3. The lowest BCUT2D eigenvalue weighted by Crippen LogP contribution is -2.40. The number of carbonyl (C=O) groups is 1. The molecule has 2 aliphatic rings. The summed E-state index contributed by atoms with van der Waals surface area (Å²) in [7, 11) is 0. The fourth-order valence-electron chi connectivity index (χ4n) is 4.67. The third kappa shape index (κ3) is 6.80. The Hall–Kier alpha value is -1.88. The Kier molecular flexibility index (Phi) is 8.01. The highest BCUT2D eigenvalue weighted by atomic mass is 35.5. The molecule has 2 aliphatic heterocycles. The van der Waals surface area contributed by atoms with Crippen molar-refractivity contribution < 1.29 is 4.79 Å². The third-order valence-electron chi connectivity index (χ3n) is 6.62. The molecule has 1 N–H and O–H groups in total. The Morgan fingerprint density at radius 3 is 1.90 bits per heavy atom. The zero-order chi connectivity index (χ0) is 21.5. The van der Waals surface area contributed by atoms with Gasteiger partial charge in [-0.05, 0) is 80.7 Å². The average Bonchev–Trinajstić information content (AvgIpc) is 2.81. The number of piperidine rings is 2. The standard InChI is InChI=1S/C26H34ClN3O/c27-25-10-8-23(9-11-25)20-30-16-12-24(13-17-30)26(31)28-18-21-4-6-22(7-5-21)19-29-14-2-1-3-15-29/h4-11,24H,1-3,12-20H2,(H,28,31). The van der Waals surface area contributed by atoms with E-state index in [1.54, 1.807) is 0 Å². The van der Waals surface area contributed by atoms with Gasteiger partial charge in [0.2, 0.25) is 5.91 Å². The van der Waals surface area contributed by atoms with E-state index in [1.165, 1.54) is 49.0 Å². The van der Waals surface area contributed by atoms with Crippen LogP contribution >= 0.6 is 11.6 Å². The second kappa shape index (κ2) is 11.1. The van der Waals surface area contributed by atoms with Crippen LogP contribution in [0, 0.1) is 5.92 Å². The number of amides is 1. The molecule has 2 saturated heterocycles. The maximum Gasteiger partial charge on any atom is 0.223 e. The van der Waals surface area contributed by atoms with Crippen LogP contribution in [0.4, 0.5) is 0 Å². The number of likely N-dealkylation sites (tertiary alicyclic amines) is 2. The molecule has 1 amide bonds. The first-order valence-electron chi connectivity index (χ1n) is 11.7. The van der Waals surface area contributed by atoms with Crippen LogP contribution in [0.3, 0.4) is 0 Å². The van der Waals surface area contributed by atoms with E-state index in [1.807, 2.05) is 12.1 Å². The van der Waals surface area contributed by atoms with Crippen molar-refractivity contribution in [1.82, 2.24) is 15.1 Å². The maximum atomic E-state index is 12.7. The SMILES string of the molecule is O=C(NCc1ccc(CN2CCCCC2)cc1)C1CCN(Cc2ccc(Cl)cc2)CC1. The van der Waals surface area contributed by atoms with E-state index in [0.29, 0.717) is 6.54 Å². The van der Waals surface area contributed by atoms with Gasteiger partial charge in [-0.25, -0.2) is 0 Å². The summed E-state index contributed by atoms with van der Waals surface area (Å²) >= 11 is 5.97. The summed E-state index contributed by atoms with van der Waals surface area (Å²) in [5.41, 5.74) is 3.82. The topological polar surface area (TPSA) is 35.6 Å². The average molecular weight is 440 g/mol. The Labute approximate surface area is 191 Å². The maximum absolute atomic E-state index is 12.7. The van der Waals surface area contributed by atoms with Crippen molar-refractivity contribution in [2.45, 2.75) is 51.7 Å². The second-order valence-corrected chi connectivity index (χ2v) is 9.48. The van der Waals surface area contributed by atoms with Gasteiger partial charge >= 0.3 is 0 Å². The molecule has 0 unspecified atom stereocenters. The number of halogens is 1. The van der Waals surface area contributed by atoms with Crippen LogP contribution in [0.1, 0.15) is 48.8 Å². The van der Waals surface area contributed by atoms with Gasteiger partial charge in [0, 0.05) is 30.6 Å². The molecule has 2 heterocycles. The van der Waals surface area contributed by atoms with E-state index >= 15 is 0 Å². The Balaban J connectivity index is 1.17. The minimum Gasteiger partial charge on any atom is -0.352 e. The molecule has 166 valence electrons. The molecule has 31 heavy (non-hydrogen) atoms. The molecule has 5 heteroatoms. The Morgan fingerprint density at radius 1 is 0.774 bits per heavy atom. The van der Waals surface area contributed by atoms with Crippen LogP contribution in [-0.4, -0.2) is 41.9 Å². The summed E-state index contributed by atoms with van der Waals surface area (Å²) < 4.78 is 0. The molecule has 0 aromatic heterocycles. The van der Waals surface area contributed by atoms with E-state index in [0.717, 1.165) is 44.0 Å². The molecule has 4 rings (SSSR count). The number of nitrogens with one attached hydrogen (secondary N) is 1. The van der Waals surface area contributed by atoms with Crippen molar-refractivity contribution in [1.29, 1.82) is 0 Å². The van der Waals surface area contributed by atoms with E-state index in [-0.39, 0.29) is 11.8 Å². The van der Waals surface area contributed by atoms with Gasteiger partial charge in [0.05, 0.1) is 0 Å². The normalized spacial score (nSPS) is 18.7. The van der Waals surface area contributed by atoms with Gasteiger partial charge in [0.25, 0.3) is 0 Å². The molecule has 2 fully saturated rings. The molecular weight excluding hydrogens is 406 g/mol. The zero-order valence-electron chi connectivity index (χ0n) is 18.4. The van der Waals surface area contributed by atoms with Gasteiger partial charge in [0.1, 0.15) is 0 Å². The van der Waals surface area contributed by atoms with Crippen LogP contribution in [0.5, 0.6) is 0 Å². The van der Waals surface area contributed by atoms with Gasteiger partial charge in [0.15, 0.2) is 0 Å². The van der Waals surface area contributed by atoms with Gasteiger partial charge in [-0.15, -0.1) is 0 Å². The largest absolute Gasteiger partial charge is 0.352 e. The summed E-state index contributed by atoms with van der Waals surface area (Å²) in [5.74, 6) is 0.323. The van der Waals surface area contributed by atoms with Crippen molar-refractivity contribution in [2.75, 3.05) is 26.2 Å². The van der Waals surface area contributed by atoms with Crippen LogP contribution in [-0.2, 0) is 24.4 Å². The molecule has 0 atom stereocenters. The quantitative estimate of drug-likeness (QED) is 0.669. The summed E-state index contributed by atoms with van der Waals surface area (Å²) in [4.78, 5) is 17.6. The van der Waals surface area contributed by atoms with Gasteiger partial charge in [-0.3, -0.25) is 14.6 Å². The van der Waals surface area contributed by atoms with Gasteiger partial charge in [-0.1, -0.05) is 54.4 Å². The summed E-state index contributed by atoms with van der Waals surface area (Å²) in [6.45, 7) is 6.95. The fourth-order valence-corrected chi connectivity index (χ4v) is 4.80. The molecule has 0 saturated carbocycles. The number of hydrogen-bond acceptors (Lipinski definition) is 3. The molecule has 4 nitrogen and oxygen atoms in total. The molecule has 0 radical (unpaired) electrons. The smallest absolute Gasteiger partial charge is 0.223 e. The highest BCUT2D eigenvalue weighted by Crippen LogP contribution is 2.20. The van der Waals surface area contributed by atoms with Gasteiger partial charge in [-0.2, -0.15) is 0 Å². The minimum absolute atomic E-state index is 0.125. The number of nitrogens with zero attached hydrogens (tertiary/aromatic N) is 2. The minimum atomic E-state index is 0.125. The fraction of sp³-hybridized carbons (Fsp3) is 0.500. The monoisotopic (exact) mass is 439 g/mol. The van der Waals surface area contributed by atoms with Crippen LogP contribution in [0.15, 0.2) is 48.5 Å². The predicted octanol–water partition coefficient (Wildman–Crippen LogP) is 4.85. The lowest BCUT2D eigenvalue weighted by atomic mass is 9.95. The number of rotatable bonds is 7. The predicted molar refractivity (Wildman–Crippen MR) is 127 cm³/mol. The highest BCUT2D eigenvalue weighted by molar-refractivity contribution is 6.30. The Bertz CT molecular complexity index is 823. The summed E-state index contributed by atoms with van der Waals surface area (Å²) in [6.07, 6.45) is 5.87. The Morgan fingerprint density at radius 2 is 1.29 bits per heavy atom. The van der Waals surface area contributed by atoms with E-state index in [9.17, 15) is 4.79 Å². The first-order chi connectivity index (χ1) is 15.2. The first-order valence-corrected chi connectivity index (χ1v) is 12.1. The van der Waals surface area contributed by atoms with Crippen molar-refractivity contribution in [2.24, 2.45) is 5.92 Å². The zero-order valence-corrected chi connectivity index (χ0v) is 19.1. The summed E-state index contributed by atoms with van der Waals surface area (Å²) in [5, 5.41) is 3.93. The molecular formula is C26H34ClN3O. The van der Waals surface area contributed by atoms with Gasteiger partial charge < -0.3 is 5.32 Å². The lowest BCUT2D eigenvalue weighted by Gasteiger charge is -2.31. The molecule has 0 aliphatic carbocycles. The van der Waals surface area contributed by atoms with Crippen LogP contribution in [0.2, 0.25) is 5.02 Å². The highest BCUT2D eigenvalue weighted by Gasteiger charge is 2.24. The summed E-state index contributed by atoms with van der Waals surface area (Å²) in [6, 6.07) is 16.8. The second-order valence-electron chi connectivity index (χ2n) is 9.05. The van der Waals surface area contributed by atoms with E-state index in [4.69, 9.17) is 11.6 Å². The third-order valence-corrected chi connectivity index (χ3v) is 6.87. The molecule has 2 aromatic carbocycles. The van der Waals surface area contributed by atoms with Crippen LogP contribution < -0.4 is 5.32 Å².